The van der Waals surface area contributed by atoms with Crippen LogP contribution in [-0.2, 0) is 6.42 Å². The van der Waals surface area contributed by atoms with Gasteiger partial charge in [-0.05, 0) is 24.1 Å². The second kappa shape index (κ2) is 6.29. The van der Waals surface area contributed by atoms with E-state index in [1.807, 2.05) is 0 Å². The van der Waals surface area contributed by atoms with Gasteiger partial charge < -0.3 is 5.32 Å². The maximum absolute atomic E-state index is 10.5. The number of nitriles is 1. The molecule has 0 bridgehead atoms. The Morgan fingerprint density at radius 1 is 1.30 bits per heavy atom. The van der Waals surface area contributed by atoms with Gasteiger partial charge in [-0.3, -0.25) is 10.1 Å². The highest BCUT2D eigenvalue weighted by atomic mass is 16.6. The highest BCUT2D eigenvalue weighted by Crippen LogP contribution is 2.13. The Morgan fingerprint density at radius 2 is 2.05 bits per heavy atom. The molecule has 0 unspecified atom stereocenters. The van der Waals surface area contributed by atoms with Crippen LogP contribution in [0.25, 0.3) is 0 Å². The molecule has 20 heavy (non-hydrogen) atoms. The molecular formula is C14H12N4O2. The highest BCUT2D eigenvalue weighted by Gasteiger charge is 2.04. The molecule has 0 saturated carbocycles. The van der Waals surface area contributed by atoms with Gasteiger partial charge in [0.1, 0.15) is 11.9 Å². The summed E-state index contributed by atoms with van der Waals surface area (Å²) in [6, 6.07) is 11.9. The Morgan fingerprint density at radius 3 is 2.70 bits per heavy atom. The number of aromatic nitrogens is 1. The number of nitrogens with zero attached hydrogens (tertiary/aromatic N) is 3. The first-order valence-corrected chi connectivity index (χ1v) is 6.03. The highest BCUT2D eigenvalue weighted by molar-refractivity contribution is 5.51. The average molecular weight is 268 g/mol. The third kappa shape index (κ3) is 3.29. The van der Waals surface area contributed by atoms with Crippen LogP contribution >= 0.6 is 0 Å². The first-order valence-electron chi connectivity index (χ1n) is 6.03. The normalized spacial score (nSPS) is 9.75. The minimum atomic E-state index is -0.422. The van der Waals surface area contributed by atoms with Crippen molar-refractivity contribution in [2.75, 3.05) is 11.9 Å². The summed E-state index contributed by atoms with van der Waals surface area (Å²) in [5.41, 5.74) is 1.56. The minimum Gasteiger partial charge on any atom is -0.369 e. The lowest BCUT2D eigenvalue weighted by Crippen LogP contribution is -2.07. The monoisotopic (exact) mass is 268 g/mol. The van der Waals surface area contributed by atoms with E-state index >= 15 is 0 Å². The van der Waals surface area contributed by atoms with Gasteiger partial charge in [-0.25, -0.2) is 4.98 Å². The van der Waals surface area contributed by atoms with Crippen molar-refractivity contribution < 1.29 is 4.92 Å². The maximum atomic E-state index is 10.5. The first-order chi connectivity index (χ1) is 9.70. The van der Waals surface area contributed by atoms with Crippen LogP contribution in [0.3, 0.4) is 0 Å². The minimum absolute atomic E-state index is 0.0817. The molecular weight excluding hydrogens is 256 g/mol. The summed E-state index contributed by atoms with van der Waals surface area (Å²) in [4.78, 5) is 14.2. The van der Waals surface area contributed by atoms with E-state index in [1.165, 1.54) is 12.1 Å². The molecule has 0 aliphatic rings. The third-order valence-corrected chi connectivity index (χ3v) is 2.78. The van der Waals surface area contributed by atoms with Crippen LogP contribution < -0.4 is 5.32 Å². The van der Waals surface area contributed by atoms with Gasteiger partial charge in [0.25, 0.3) is 5.69 Å². The van der Waals surface area contributed by atoms with E-state index in [0.717, 1.165) is 5.56 Å². The van der Waals surface area contributed by atoms with E-state index in [1.54, 1.807) is 30.5 Å². The zero-order valence-electron chi connectivity index (χ0n) is 10.6. The van der Waals surface area contributed by atoms with Crippen molar-refractivity contribution >= 4 is 11.5 Å². The summed E-state index contributed by atoms with van der Waals surface area (Å²) in [5, 5.41) is 22.5. The molecule has 6 heteroatoms. The van der Waals surface area contributed by atoms with Gasteiger partial charge in [-0.15, -0.1) is 0 Å². The van der Waals surface area contributed by atoms with E-state index in [2.05, 4.69) is 16.4 Å². The Balaban J connectivity index is 1.93. The molecule has 0 amide bonds. The summed E-state index contributed by atoms with van der Waals surface area (Å²) < 4.78 is 0. The molecule has 1 N–H and O–H groups in total. The Kier molecular flexibility index (Phi) is 4.24. The van der Waals surface area contributed by atoms with Gasteiger partial charge in [0.05, 0.1) is 10.5 Å². The number of hydrogen-bond acceptors (Lipinski definition) is 5. The van der Waals surface area contributed by atoms with Crippen molar-refractivity contribution in [2.45, 2.75) is 6.42 Å². The largest absolute Gasteiger partial charge is 0.369 e. The van der Waals surface area contributed by atoms with Crippen LogP contribution in [0.1, 0.15) is 11.1 Å². The molecule has 1 aromatic heterocycles. The van der Waals surface area contributed by atoms with E-state index < -0.39 is 4.92 Å². The van der Waals surface area contributed by atoms with Crippen LogP contribution in [0.5, 0.6) is 0 Å². The lowest BCUT2D eigenvalue weighted by Gasteiger charge is -2.06. The smallest absolute Gasteiger partial charge is 0.269 e. The fraction of sp³-hybridized carbons (Fsp3) is 0.143. The SMILES string of the molecule is N#Cc1cccnc1NCCc1ccc([N+](=O)[O-])cc1. The number of nitrogens with one attached hydrogen (secondary N) is 1. The van der Waals surface area contributed by atoms with E-state index in [-0.39, 0.29) is 5.69 Å². The quantitative estimate of drug-likeness (QED) is 0.664. The number of rotatable bonds is 5. The predicted molar refractivity (Wildman–Crippen MR) is 74.2 cm³/mol. The maximum Gasteiger partial charge on any atom is 0.269 e. The Labute approximate surface area is 115 Å². The molecule has 1 heterocycles. The molecule has 0 atom stereocenters. The lowest BCUT2D eigenvalue weighted by molar-refractivity contribution is -0.384. The van der Waals surface area contributed by atoms with Crippen LogP contribution in [0.2, 0.25) is 0 Å². The molecule has 0 radical (unpaired) electrons. The molecule has 0 spiro atoms. The fourth-order valence-corrected chi connectivity index (χ4v) is 1.75. The number of pyridine rings is 1. The number of benzene rings is 1. The van der Waals surface area contributed by atoms with Crippen molar-refractivity contribution in [2.24, 2.45) is 0 Å². The van der Waals surface area contributed by atoms with Gasteiger partial charge in [0.15, 0.2) is 0 Å². The third-order valence-electron chi connectivity index (χ3n) is 2.78. The van der Waals surface area contributed by atoms with Crippen molar-refractivity contribution in [1.82, 2.24) is 4.98 Å². The summed E-state index contributed by atoms with van der Waals surface area (Å²) >= 11 is 0. The van der Waals surface area contributed by atoms with Crippen molar-refractivity contribution in [3.8, 4) is 6.07 Å². The molecule has 0 aliphatic carbocycles. The van der Waals surface area contributed by atoms with E-state index in [4.69, 9.17) is 5.26 Å². The van der Waals surface area contributed by atoms with Crippen LogP contribution in [-0.4, -0.2) is 16.5 Å². The molecule has 2 rings (SSSR count). The van der Waals surface area contributed by atoms with Gasteiger partial charge >= 0.3 is 0 Å². The number of nitro benzene ring substituents is 1. The topological polar surface area (TPSA) is 91.8 Å². The molecule has 1 aromatic carbocycles. The molecule has 6 nitrogen and oxygen atoms in total. The standard InChI is InChI=1S/C14H12N4O2/c15-10-12-2-1-8-16-14(12)17-9-7-11-3-5-13(6-4-11)18(19)20/h1-6,8H,7,9H2,(H,16,17). The second-order valence-corrected chi connectivity index (χ2v) is 4.11. The number of nitro groups is 1. The van der Waals surface area contributed by atoms with Crippen molar-refractivity contribution in [3.63, 3.8) is 0 Å². The zero-order valence-corrected chi connectivity index (χ0v) is 10.6. The number of hydrogen-bond donors (Lipinski definition) is 1. The van der Waals surface area contributed by atoms with Gasteiger partial charge in [0.2, 0.25) is 0 Å². The predicted octanol–water partition coefficient (Wildman–Crippen LogP) is 2.52. The lowest BCUT2D eigenvalue weighted by atomic mass is 10.1. The number of non-ortho nitro benzene ring substituents is 1. The van der Waals surface area contributed by atoms with Gasteiger partial charge in [-0.1, -0.05) is 12.1 Å². The van der Waals surface area contributed by atoms with Gasteiger partial charge in [0, 0.05) is 24.9 Å². The van der Waals surface area contributed by atoms with Crippen LogP contribution in [0.15, 0.2) is 42.6 Å². The van der Waals surface area contributed by atoms with Crippen LogP contribution in [0.4, 0.5) is 11.5 Å². The summed E-state index contributed by atoms with van der Waals surface area (Å²) in [5.74, 6) is 0.553. The molecule has 2 aromatic rings. The van der Waals surface area contributed by atoms with Gasteiger partial charge in [-0.2, -0.15) is 5.26 Å². The van der Waals surface area contributed by atoms with Crippen molar-refractivity contribution in [3.05, 3.63) is 63.8 Å². The van der Waals surface area contributed by atoms with E-state index in [0.29, 0.717) is 24.3 Å². The first kappa shape index (κ1) is 13.5. The Hall–Kier alpha value is -2.94. The fourth-order valence-electron chi connectivity index (χ4n) is 1.75. The Bertz CT molecular complexity index is 647. The molecule has 0 aliphatic heterocycles. The summed E-state index contributed by atoms with van der Waals surface area (Å²) in [6.07, 6.45) is 2.31. The molecule has 0 fully saturated rings. The summed E-state index contributed by atoms with van der Waals surface area (Å²) in [6.45, 7) is 0.601. The van der Waals surface area contributed by atoms with Crippen LogP contribution in [0, 0.1) is 21.4 Å². The number of anilines is 1. The zero-order chi connectivity index (χ0) is 14.4. The molecule has 0 saturated heterocycles. The second-order valence-electron chi connectivity index (χ2n) is 4.11. The summed E-state index contributed by atoms with van der Waals surface area (Å²) in [7, 11) is 0. The van der Waals surface area contributed by atoms with E-state index in [9.17, 15) is 10.1 Å². The van der Waals surface area contributed by atoms with Crippen molar-refractivity contribution in [1.29, 1.82) is 5.26 Å². The average Bonchev–Trinajstić information content (AvgIpc) is 2.48. The molecule has 100 valence electrons.